The van der Waals surface area contributed by atoms with E-state index in [4.69, 9.17) is 4.42 Å². The number of nitrogens with zero attached hydrogens (tertiary/aromatic N) is 4. The Labute approximate surface area is 134 Å². The van der Waals surface area contributed by atoms with Crippen molar-refractivity contribution in [1.82, 2.24) is 25.4 Å². The first-order valence-corrected chi connectivity index (χ1v) is 7.50. The fraction of sp³-hybridized carbons (Fsp3) is 0.375. The van der Waals surface area contributed by atoms with Gasteiger partial charge in [0.25, 0.3) is 0 Å². The van der Waals surface area contributed by atoms with Gasteiger partial charge in [0.1, 0.15) is 0 Å². The fourth-order valence-corrected chi connectivity index (χ4v) is 2.23. The molecule has 3 aromatic heterocycles. The van der Waals surface area contributed by atoms with E-state index in [1.54, 1.807) is 18.6 Å². The van der Waals surface area contributed by atoms with E-state index in [1.165, 1.54) is 0 Å². The van der Waals surface area contributed by atoms with Crippen molar-refractivity contribution >= 4 is 6.01 Å². The molecule has 0 atom stereocenters. The molecule has 7 heteroatoms. The SMILES string of the molecule is CC(C)(C)Cc1nnc(NCc2cn[nH]c2-c2cccnc2)o1. The Bertz CT molecular complexity index is 756. The molecule has 0 aliphatic heterocycles. The van der Waals surface area contributed by atoms with Gasteiger partial charge in [0.05, 0.1) is 11.9 Å². The lowest BCUT2D eigenvalue weighted by atomic mass is 9.92. The molecule has 2 N–H and O–H groups in total. The summed E-state index contributed by atoms with van der Waals surface area (Å²) in [6, 6.07) is 4.30. The predicted molar refractivity (Wildman–Crippen MR) is 86.6 cm³/mol. The Kier molecular flexibility index (Phi) is 4.10. The summed E-state index contributed by atoms with van der Waals surface area (Å²) in [5.41, 5.74) is 3.04. The van der Waals surface area contributed by atoms with Gasteiger partial charge in [-0.2, -0.15) is 5.10 Å². The summed E-state index contributed by atoms with van der Waals surface area (Å²) in [5.74, 6) is 0.639. The van der Waals surface area contributed by atoms with Crippen molar-refractivity contribution in [3.8, 4) is 11.3 Å². The lowest BCUT2D eigenvalue weighted by Gasteiger charge is -2.14. The van der Waals surface area contributed by atoms with Crippen LogP contribution in [0.5, 0.6) is 0 Å². The van der Waals surface area contributed by atoms with Crippen LogP contribution in [0.15, 0.2) is 35.1 Å². The van der Waals surface area contributed by atoms with E-state index in [9.17, 15) is 0 Å². The second-order valence-electron chi connectivity index (χ2n) is 6.60. The van der Waals surface area contributed by atoms with E-state index in [0.29, 0.717) is 18.5 Å². The zero-order valence-electron chi connectivity index (χ0n) is 13.5. The molecular weight excluding hydrogens is 292 g/mol. The quantitative estimate of drug-likeness (QED) is 0.752. The predicted octanol–water partition coefficient (Wildman–Crippen LogP) is 3.06. The molecule has 0 unspecified atom stereocenters. The average molecular weight is 312 g/mol. The summed E-state index contributed by atoms with van der Waals surface area (Å²) in [6.45, 7) is 6.94. The summed E-state index contributed by atoms with van der Waals surface area (Å²) in [4.78, 5) is 4.13. The molecule has 0 spiro atoms. The van der Waals surface area contributed by atoms with Gasteiger partial charge in [-0.05, 0) is 17.5 Å². The largest absolute Gasteiger partial charge is 0.408 e. The molecule has 0 aromatic carbocycles. The maximum atomic E-state index is 5.63. The fourth-order valence-electron chi connectivity index (χ4n) is 2.23. The highest BCUT2D eigenvalue weighted by atomic mass is 16.4. The van der Waals surface area contributed by atoms with Gasteiger partial charge in [-0.3, -0.25) is 10.1 Å². The first kappa shape index (κ1) is 15.2. The van der Waals surface area contributed by atoms with Crippen LogP contribution in [0, 0.1) is 5.41 Å². The third kappa shape index (κ3) is 3.94. The normalized spacial score (nSPS) is 11.6. The van der Waals surface area contributed by atoms with E-state index < -0.39 is 0 Å². The average Bonchev–Trinajstić information content (AvgIpc) is 3.13. The molecule has 0 radical (unpaired) electrons. The zero-order valence-corrected chi connectivity index (χ0v) is 13.5. The molecule has 3 heterocycles. The summed E-state index contributed by atoms with van der Waals surface area (Å²) < 4.78 is 5.63. The Morgan fingerprint density at radius 1 is 1.22 bits per heavy atom. The number of anilines is 1. The monoisotopic (exact) mass is 312 g/mol. The van der Waals surface area contributed by atoms with Crippen LogP contribution in [-0.2, 0) is 13.0 Å². The second kappa shape index (κ2) is 6.20. The number of H-pyrrole nitrogens is 1. The molecule has 0 aliphatic rings. The van der Waals surface area contributed by atoms with Crippen molar-refractivity contribution in [1.29, 1.82) is 0 Å². The third-order valence-corrected chi connectivity index (χ3v) is 3.25. The highest BCUT2D eigenvalue weighted by Crippen LogP contribution is 2.22. The molecule has 0 bridgehead atoms. The van der Waals surface area contributed by atoms with Crippen LogP contribution in [0.2, 0.25) is 0 Å². The molecule has 3 rings (SSSR count). The van der Waals surface area contributed by atoms with Crippen molar-refractivity contribution in [3.63, 3.8) is 0 Å². The van der Waals surface area contributed by atoms with E-state index in [0.717, 1.165) is 23.2 Å². The number of hydrogen-bond donors (Lipinski definition) is 2. The first-order chi connectivity index (χ1) is 11.0. The second-order valence-corrected chi connectivity index (χ2v) is 6.60. The third-order valence-electron chi connectivity index (χ3n) is 3.25. The molecule has 23 heavy (non-hydrogen) atoms. The maximum Gasteiger partial charge on any atom is 0.315 e. The van der Waals surface area contributed by atoms with Crippen molar-refractivity contribution in [2.45, 2.75) is 33.7 Å². The molecule has 0 saturated heterocycles. The lowest BCUT2D eigenvalue weighted by molar-refractivity contribution is 0.357. The van der Waals surface area contributed by atoms with E-state index in [-0.39, 0.29) is 5.41 Å². The number of rotatable bonds is 5. The minimum atomic E-state index is 0.113. The van der Waals surface area contributed by atoms with E-state index in [2.05, 4.69) is 51.5 Å². The van der Waals surface area contributed by atoms with Gasteiger partial charge in [-0.1, -0.05) is 25.9 Å². The molecule has 120 valence electrons. The lowest BCUT2D eigenvalue weighted by Crippen LogP contribution is -2.09. The summed E-state index contributed by atoms with van der Waals surface area (Å²) in [6.07, 6.45) is 6.06. The van der Waals surface area contributed by atoms with Crippen molar-refractivity contribution in [2.24, 2.45) is 5.41 Å². The van der Waals surface area contributed by atoms with Crippen LogP contribution in [0.4, 0.5) is 6.01 Å². The number of aromatic amines is 1. The summed E-state index contributed by atoms with van der Waals surface area (Å²) in [5, 5.41) is 18.3. The number of aromatic nitrogens is 5. The van der Waals surface area contributed by atoms with Crippen LogP contribution >= 0.6 is 0 Å². The van der Waals surface area contributed by atoms with E-state index in [1.807, 2.05) is 12.1 Å². The minimum absolute atomic E-state index is 0.113. The van der Waals surface area contributed by atoms with Crippen molar-refractivity contribution in [3.05, 3.63) is 42.2 Å². The molecule has 0 amide bonds. The highest BCUT2D eigenvalue weighted by molar-refractivity contribution is 5.61. The number of pyridine rings is 1. The molecule has 7 nitrogen and oxygen atoms in total. The van der Waals surface area contributed by atoms with Crippen molar-refractivity contribution < 1.29 is 4.42 Å². The first-order valence-electron chi connectivity index (χ1n) is 7.50. The number of nitrogens with one attached hydrogen (secondary N) is 2. The summed E-state index contributed by atoms with van der Waals surface area (Å²) >= 11 is 0. The Morgan fingerprint density at radius 3 is 2.83 bits per heavy atom. The van der Waals surface area contributed by atoms with Gasteiger partial charge in [0.2, 0.25) is 5.89 Å². The standard InChI is InChI=1S/C16H20N6O/c1-16(2,3)7-13-20-22-15(23-13)18-9-12-10-19-21-14(12)11-5-4-6-17-8-11/h4-6,8,10H,7,9H2,1-3H3,(H,18,22)(H,19,21). The van der Waals surface area contributed by atoms with Gasteiger partial charge in [-0.25, -0.2) is 0 Å². The van der Waals surface area contributed by atoms with Gasteiger partial charge in [0, 0.05) is 36.5 Å². The number of hydrogen-bond acceptors (Lipinski definition) is 6. The maximum absolute atomic E-state index is 5.63. The van der Waals surface area contributed by atoms with Gasteiger partial charge < -0.3 is 9.73 Å². The van der Waals surface area contributed by atoms with Crippen molar-refractivity contribution in [2.75, 3.05) is 5.32 Å². The Morgan fingerprint density at radius 2 is 2.09 bits per heavy atom. The molecular formula is C16H20N6O. The molecule has 0 fully saturated rings. The van der Waals surface area contributed by atoms with E-state index >= 15 is 0 Å². The van der Waals surface area contributed by atoms with Crippen LogP contribution in [0.1, 0.15) is 32.2 Å². The Hall–Kier alpha value is -2.70. The molecule has 0 saturated carbocycles. The van der Waals surface area contributed by atoms with Crippen LogP contribution < -0.4 is 5.32 Å². The molecule has 0 aliphatic carbocycles. The van der Waals surface area contributed by atoms with Crippen LogP contribution in [0.25, 0.3) is 11.3 Å². The highest BCUT2D eigenvalue weighted by Gasteiger charge is 2.16. The van der Waals surface area contributed by atoms with Gasteiger partial charge in [0.15, 0.2) is 0 Å². The topological polar surface area (TPSA) is 92.5 Å². The van der Waals surface area contributed by atoms with Gasteiger partial charge in [-0.15, -0.1) is 5.10 Å². The minimum Gasteiger partial charge on any atom is -0.408 e. The zero-order chi connectivity index (χ0) is 16.3. The van der Waals surface area contributed by atoms with Crippen LogP contribution in [0.3, 0.4) is 0 Å². The summed E-state index contributed by atoms with van der Waals surface area (Å²) in [7, 11) is 0. The smallest absolute Gasteiger partial charge is 0.315 e. The Balaban J connectivity index is 1.67. The van der Waals surface area contributed by atoms with Gasteiger partial charge >= 0.3 is 6.01 Å². The molecule has 3 aromatic rings. The van der Waals surface area contributed by atoms with Crippen LogP contribution in [-0.4, -0.2) is 25.4 Å².